The van der Waals surface area contributed by atoms with Crippen molar-refractivity contribution in [2.75, 3.05) is 5.34 Å². The lowest BCUT2D eigenvalue weighted by molar-refractivity contribution is 1.05. The smallest absolute Gasteiger partial charge is 0.0967 e. The van der Waals surface area contributed by atoms with Gasteiger partial charge in [-0.05, 0) is 11.1 Å². The molecule has 0 bridgehead atoms. The average molecular weight is 218 g/mol. The fourth-order valence-electron chi connectivity index (χ4n) is 0.697. The first-order chi connectivity index (χ1) is 6.35. The second-order valence-corrected chi connectivity index (χ2v) is 2.78. The molecule has 13 heavy (non-hydrogen) atoms. The van der Waals surface area contributed by atoms with Gasteiger partial charge in [0.05, 0.1) is 11.9 Å². The lowest BCUT2D eigenvalue weighted by Crippen LogP contribution is -1.75. The second-order valence-electron chi connectivity index (χ2n) is 1.98. The highest BCUT2D eigenvalue weighted by Gasteiger charge is 1.83. The van der Waals surface area contributed by atoms with Gasteiger partial charge in [0.15, 0.2) is 0 Å². The Morgan fingerprint density at radius 3 is 2.23 bits per heavy atom. The van der Waals surface area contributed by atoms with E-state index in [4.69, 9.17) is 28.7 Å². The maximum absolute atomic E-state index is 7.99. The van der Waals surface area contributed by atoms with Crippen molar-refractivity contribution in [1.29, 1.82) is 0 Å². The summed E-state index contributed by atoms with van der Waals surface area (Å²) < 4.78 is 0. The molecule has 3 nitrogen and oxygen atoms in total. The number of azide groups is 1. The monoisotopic (exact) mass is 217 g/mol. The van der Waals surface area contributed by atoms with Gasteiger partial charge in [0, 0.05) is 4.91 Å². The molecule has 0 spiro atoms. The summed E-state index contributed by atoms with van der Waals surface area (Å²) in [5.74, 6) is 0. The van der Waals surface area contributed by atoms with Crippen LogP contribution in [-0.2, 0) is 6.54 Å². The topological polar surface area (TPSA) is 48.8 Å². The maximum Gasteiger partial charge on any atom is 0.0967 e. The van der Waals surface area contributed by atoms with Gasteiger partial charge in [0.1, 0.15) is 0 Å². The zero-order valence-electron chi connectivity index (χ0n) is 6.90. The van der Waals surface area contributed by atoms with Gasteiger partial charge >= 0.3 is 0 Å². The zero-order valence-corrected chi connectivity index (χ0v) is 8.41. The van der Waals surface area contributed by atoms with Gasteiger partial charge in [-0.3, -0.25) is 0 Å². The third-order valence-corrected chi connectivity index (χ3v) is 1.16. The fourth-order valence-corrected chi connectivity index (χ4v) is 0.697. The molecule has 1 aromatic carbocycles. The predicted molar refractivity (Wildman–Crippen MR) is 55.9 cm³/mol. The standard InChI is InChI=1S/C7H7N3.CH2Cl2/c8-10-9-6-7-4-2-1-3-5-7;2-1-3/h1-5H,6H2;1H2. The van der Waals surface area contributed by atoms with Gasteiger partial charge in [0.25, 0.3) is 0 Å². The first-order valence-corrected chi connectivity index (χ1v) is 4.58. The van der Waals surface area contributed by atoms with Gasteiger partial charge in [-0.25, -0.2) is 0 Å². The molecular weight excluding hydrogens is 209 g/mol. The van der Waals surface area contributed by atoms with E-state index in [0.717, 1.165) is 5.56 Å². The van der Waals surface area contributed by atoms with Crippen molar-refractivity contribution in [3.8, 4) is 0 Å². The summed E-state index contributed by atoms with van der Waals surface area (Å²) in [5.41, 5.74) is 9.03. The Bertz CT molecular complexity index is 257. The Hall–Kier alpha value is -0.890. The third kappa shape index (κ3) is 7.47. The number of alkyl halides is 2. The van der Waals surface area contributed by atoms with Crippen LogP contribution in [0.5, 0.6) is 0 Å². The fraction of sp³-hybridized carbons (Fsp3) is 0.250. The summed E-state index contributed by atoms with van der Waals surface area (Å²) in [5, 5.41) is 3.62. The molecule has 0 unspecified atom stereocenters. The van der Waals surface area contributed by atoms with Crippen molar-refractivity contribution < 1.29 is 0 Å². The van der Waals surface area contributed by atoms with Gasteiger partial charge in [-0.1, -0.05) is 35.4 Å². The molecule has 0 N–H and O–H groups in total. The molecule has 0 fully saturated rings. The SMILES string of the molecule is ClCCl.[N-]=[N+]=NCc1ccccc1. The molecule has 0 aliphatic carbocycles. The number of nitrogens with zero attached hydrogens (tertiary/aromatic N) is 3. The Labute approximate surface area is 86.9 Å². The Morgan fingerprint density at radius 1 is 1.23 bits per heavy atom. The van der Waals surface area contributed by atoms with E-state index in [9.17, 15) is 0 Å². The van der Waals surface area contributed by atoms with Crippen LogP contribution in [0, 0.1) is 0 Å². The van der Waals surface area contributed by atoms with Crippen LogP contribution in [0.25, 0.3) is 10.4 Å². The van der Waals surface area contributed by atoms with E-state index in [1.165, 1.54) is 0 Å². The van der Waals surface area contributed by atoms with Crippen LogP contribution in [0.1, 0.15) is 5.56 Å². The van der Waals surface area contributed by atoms with E-state index in [-0.39, 0.29) is 5.34 Å². The number of halogens is 2. The first kappa shape index (κ1) is 12.1. The quantitative estimate of drug-likeness (QED) is 0.312. The number of hydrogen-bond acceptors (Lipinski definition) is 1. The van der Waals surface area contributed by atoms with Gasteiger partial charge < -0.3 is 0 Å². The molecule has 0 aliphatic heterocycles. The highest BCUT2D eigenvalue weighted by molar-refractivity contribution is 6.40. The minimum atomic E-state index is 0.194. The van der Waals surface area contributed by atoms with Crippen molar-refractivity contribution in [2.45, 2.75) is 6.54 Å². The molecule has 0 amide bonds. The van der Waals surface area contributed by atoms with E-state index in [2.05, 4.69) is 10.0 Å². The van der Waals surface area contributed by atoms with Gasteiger partial charge in [-0.15, -0.1) is 23.2 Å². The van der Waals surface area contributed by atoms with Crippen LogP contribution >= 0.6 is 23.2 Å². The molecule has 1 aromatic rings. The van der Waals surface area contributed by atoms with E-state index in [1.54, 1.807) is 0 Å². The molecule has 0 aromatic heterocycles. The van der Waals surface area contributed by atoms with Crippen LogP contribution in [0.3, 0.4) is 0 Å². The lowest BCUT2D eigenvalue weighted by Gasteiger charge is -1.90. The number of rotatable bonds is 2. The lowest BCUT2D eigenvalue weighted by atomic mass is 10.2. The van der Waals surface area contributed by atoms with Crippen LogP contribution in [-0.4, -0.2) is 5.34 Å². The van der Waals surface area contributed by atoms with Crippen molar-refractivity contribution >= 4 is 23.2 Å². The molecular formula is C8H9Cl2N3. The Balaban J connectivity index is 0.000000424. The van der Waals surface area contributed by atoms with Crippen LogP contribution in [0.15, 0.2) is 35.4 Å². The Kier molecular flexibility index (Phi) is 8.57. The molecule has 0 saturated heterocycles. The van der Waals surface area contributed by atoms with E-state index < -0.39 is 0 Å². The molecule has 0 atom stereocenters. The summed E-state index contributed by atoms with van der Waals surface area (Å²) in [7, 11) is 0. The molecule has 0 saturated carbocycles. The summed E-state index contributed by atoms with van der Waals surface area (Å²) in [6, 6.07) is 9.62. The van der Waals surface area contributed by atoms with Crippen molar-refractivity contribution in [2.24, 2.45) is 5.11 Å². The van der Waals surface area contributed by atoms with E-state index in [1.807, 2.05) is 30.3 Å². The zero-order chi connectivity index (χ0) is 9.94. The first-order valence-electron chi connectivity index (χ1n) is 3.51. The molecule has 0 aliphatic rings. The van der Waals surface area contributed by atoms with Gasteiger partial charge in [-0.2, -0.15) is 0 Å². The minimum Gasteiger partial charge on any atom is -0.109 e. The van der Waals surface area contributed by atoms with Crippen molar-refractivity contribution in [1.82, 2.24) is 0 Å². The molecule has 1 rings (SSSR count). The van der Waals surface area contributed by atoms with Crippen LogP contribution in [0.2, 0.25) is 0 Å². The van der Waals surface area contributed by atoms with E-state index >= 15 is 0 Å². The maximum atomic E-state index is 7.99. The van der Waals surface area contributed by atoms with Crippen molar-refractivity contribution in [3.63, 3.8) is 0 Å². The van der Waals surface area contributed by atoms with E-state index in [0.29, 0.717) is 6.54 Å². The molecule has 70 valence electrons. The largest absolute Gasteiger partial charge is 0.109 e. The predicted octanol–water partition coefficient (Wildman–Crippen LogP) is 3.92. The normalized spacial score (nSPS) is 7.85. The summed E-state index contributed by atoms with van der Waals surface area (Å²) in [6.07, 6.45) is 0. The molecule has 0 heterocycles. The van der Waals surface area contributed by atoms with Gasteiger partial charge in [0.2, 0.25) is 0 Å². The minimum absolute atomic E-state index is 0.194. The number of hydrogen-bond donors (Lipinski definition) is 0. The summed E-state index contributed by atoms with van der Waals surface area (Å²) >= 11 is 9.53. The highest BCUT2D eigenvalue weighted by Crippen LogP contribution is 1.99. The summed E-state index contributed by atoms with van der Waals surface area (Å²) in [4.78, 5) is 2.66. The van der Waals surface area contributed by atoms with Crippen LogP contribution in [0.4, 0.5) is 0 Å². The second kappa shape index (κ2) is 9.20. The Morgan fingerprint density at radius 2 is 1.77 bits per heavy atom. The van der Waals surface area contributed by atoms with Crippen molar-refractivity contribution in [3.05, 3.63) is 46.3 Å². The number of benzene rings is 1. The molecule has 0 radical (unpaired) electrons. The van der Waals surface area contributed by atoms with Crippen LogP contribution < -0.4 is 0 Å². The average Bonchev–Trinajstić information content (AvgIpc) is 2.18. The summed E-state index contributed by atoms with van der Waals surface area (Å²) in [6.45, 7) is 0.442. The third-order valence-electron chi connectivity index (χ3n) is 1.16. The highest BCUT2D eigenvalue weighted by atomic mass is 35.5. The molecule has 5 heteroatoms.